The molecule has 0 saturated heterocycles. The molecular formula is C7H11N3. The number of aryl methyl sites for hydroxylation is 1. The van der Waals surface area contributed by atoms with E-state index < -0.39 is 0 Å². The highest BCUT2D eigenvalue weighted by Crippen LogP contribution is 1.97. The summed E-state index contributed by atoms with van der Waals surface area (Å²) in [7, 11) is 1.90. The molecule has 2 N–H and O–H groups in total. The molecule has 10 heavy (non-hydrogen) atoms. The van der Waals surface area contributed by atoms with Crippen LogP contribution >= 0.6 is 0 Å². The Morgan fingerprint density at radius 3 is 3.10 bits per heavy atom. The van der Waals surface area contributed by atoms with Gasteiger partial charge in [0.05, 0.1) is 5.69 Å². The number of nitrogens with zero attached hydrogens (tertiary/aromatic N) is 2. The largest absolute Gasteiger partial charge is 0.327 e. The minimum atomic E-state index is 0.575. The Morgan fingerprint density at radius 1 is 1.80 bits per heavy atom. The zero-order valence-corrected chi connectivity index (χ0v) is 5.99. The third-order valence-corrected chi connectivity index (χ3v) is 1.28. The fourth-order valence-electron chi connectivity index (χ4n) is 0.736. The van der Waals surface area contributed by atoms with E-state index in [2.05, 4.69) is 5.10 Å². The average Bonchev–Trinajstić information content (AvgIpc) is 2.31. The lowest BCUT2D eigenvalue weighted by molar-refractivity contribution is 0.759. The molecule has 0 aromatic carbocycles. The maximum Gasteiger partial charge on any atom is 0.0603 e. The summed E-state index contributed by atoms with van der Waals surface area (Å²) < 4.78 is 1.80. The predicted molar refractivity (Wildman–Crippen MR) is 41.3 cm³/mol. The standard InChI is InChI=1S/C7H11N3/c1-10-7(3-2-5-8)4-6-9-10/h2-4,6H,5,8H2,1H3/b3-2+. The van der Waals surface area contributed by atoms with Gasteiger partial charge in [0.25, 0.3) is 0 Å². The van der Waals surface area contributed by atoms with E-state index in [0.717, 1.165) is 5.69 Å². The summed E-state index contributed by atoms with van der Waals surface area (Å²) in [4.78, 5) is 0. The highest BCUT2D eigenvalue weighted by Gasteiger charge is 1.88. The molecule has 1 aromatic heterocycles. The van der Waals surface area contributed by atoms with Crippen LogP contribution in [0.3, 0.4) is 0 Å². The SMILES string of the molecule is Cn1nccc1/C=C/CN. The second kappa shape index (κ2) is 3.17. The summed E-state index contributed by atoms with van der Waals surface area (Å²) in [6.45, 7) is 0.575. The molecule has 0 aliphatic rings. The molecule has 0 aliphatic carbocycles. The molecule has 3 nitrogen and oxygen atoms in total. The fraction of sp³-hybridized carbons (Fsp3) is 0.286. The Labute approximate surface area is 60.1 Å². The van der Waals surface area contributed by atoms with Gasteiger partial charge in [0.1, 0.15) is 0 Å². The Balaban J connectivity index is 2.74. The van der Waals surface area contributed by atoms with Crippen LogP contribution in [-0.2, 0) is 7.05 Å². The van der Waals surface area contributed by atoms with Gasteiger partial charge >= 0.3 is 0 Å². The fourth-order valence-corrected chi connectivity index (χ4v) is 0.736. The Hall–Kier alpha value is -1.09. The average molecular weight is 137 g/mol. The lowest BCUT2D eigenvalue weighted by Gasteiger charge is -1.91. The minimum Gasteiger partial charge on any atom is -0.327 e. The first-order chi connectivity index (χ1) is 4.84. The number of hydrogen-bond acceptors (Lipinski definition) is 2. The molecule has 0 atom stereocenters. The van der Waals surface area contributed by atoms with Crippen LogP contribution in [0.4, 0.5) is 0 Å². The van der Waals surface area contributed by atoms with Gasteiger partial charge < -0.3 is 5.73 Å². The molecule has 0 spiro atoms. The van der Waals surface area contributed by atoms with Crippen molar-refractivity contribution < 1.29 is 0 Å². The summed E-state index contributed by atoms with van der Waals surface area (Å²) in [5.74, 6) is 0. The number of nitrogens with two attached hydrogens (primary N) is 1. The first-order valence-electron chi connectivity index (χ1n) is 3.19. The van der Waals surface area contributed by atoms with Crippen LogP contribution in [0, 0.1) is 0 Å². The second-order valence-electron chi connectivity index (χ2n) is 2.02. The Kier molecular flexibility index (Phi) is 2.23. The van der Waals surface area contributed by atoms with Crippen LogP contribution in [-0.4, -0.2) is 16.3 Å². The van der Waals surface area contributed by atoms with Crippen LogP contribution in [0.2, 0.25) is 0 Å². The summed E-state index contributed by atoms with van der Waals surface area (Å²) in [6, 6.07) is 1.94. The first-order valence-corrected chi connectivity index (χ1v) is 3.19. The smallest absolute Gasteiger partial charge is 0.0603 e. The van der Waals surface area contributed by atoms with Crippen LogP contribution < -0.4 is 5.73 Å². The molecule has 0 radical (unpaired) electrons. The lowest BCUT2D eigenvalue weighted by atomic mass is 10.4. The van der Waals surface area contributed by atoms with Crippen molar-refractivity contribution in [2.24, 2.45) is 12.8 Å². The normalized spacial score (nSPS) is 11.0. The van der Waals surface area contributed by atoms with Gasteiger partial charge in [-0.25, -0.2) is 0 Å². The van der Waals surface area contributed by atoms with Crippen molar-refractivity contribution in [3.05, 3.63) is 24.0 Å². The van der Waals surface area contributed by atoms with Gasteiger partial charge in [-0.05, 0) is 12.1 Å². The number of aromatic nitrogens is 2. The van der Waals surface area contributed by atoms with Crippen molar-refractivity contribution in [2.75, 3.05) is 6.54 Å². The predicted octanol–water partition coefficient (Wildman–Crippen LogP) is 0.392. The van der Waals surface area contributed by atoms with E-state index >= 15 is 0 Å². The van der Waals surface area contributed by atoms with Crippen molar-refractivity contribution in [3.63, 3.8) is 0 Å². The summed E-state index contributed by atoms with van der Waals surface area (Å²) in [5.41, 5.74) is 6.35. The van der Waals surface area contributed by atoms with Crippen LogP contribution in [0.1, 0.15) is 5.69 Å². The van der Waals surface area contributed by atoms with E-state index in [4.69, 9.17) is 5.73 Å². The number of hydrogen-bond donors (Lipinski definition) is 1. The second-order valence-corrected chi connectivity index (χ2v) is 2.02. The Bertz CT molecular complexity index is 225. The topological polar surface area (TPSA) is 43.8 Å². The van der Waals surface area contributed by atoms with E-state index in [1.165, 1.54) is 0 Å². The van der Waals surface area contributed by atoms with Crippen LogP contribution in [0.15, 0.2) is 18.3 Å². The quantitative estimate of drug-likeness (QED) is 0.641. The highest BCUT2D eigenvalue weighted by molar-refractivity contribution is 5.44. The van der Waals surface area contributed by atoms with E-state index in [-0.39, 0.29) is 0 Å². The molecule has 0 fully saturated rings. The molecule has 0 bridgehead atoms. The van der Waals surface area contributed by atoms with Gasteiger partial charge in [0, 0.05) is 19.8 Å². The monoisotopic (exact) mass is 137 g/mol. The summed E-state index contributed by atoms with van der Waals surface area (Å²) in [6.07, 6.45) is 5.61. The summed E-state index contributed by atoms with van der Waals surface area (Å²) >= 11 is 0. The third kappa shape index (κ3) is 1.45. The zero-order chi connectivity index (χ0) is 7.40. The molecule has 0 unspecified atom stereocenters. The molecule has 1 rings (SSSR count). The molecule has 54 valence electrons. The molecule has 1 aromatic rings. The molecule has 0 amide bonds. The van der Waals surface area contributed by atoms with Gasteiger partial charge in [-0.2, -0.15) is 5.10 Å². The van der Waals surface area contributed by atoms with Gasteiger partial charge in [0.15, 0.2) is 0 Å². The minimum absolute atomic E-state index is 0.575. The third-order valence-electron chi connectivity index (χ3n) is 1.28. The molecule has 3 heteroatoms. The van der Waals surface area contributed by atoms with E-state index in [0.29, 0.717) is 6.54 Å². The molecule has 0 saturated carbocycles. The van der Waals surface area contributed by atoms with Gasteiger partial charge in [-0.3, -0.25) is 4.68 Å². The van der Waals surface area contributed by atoms with Gasteiger partial charge in [0.2, 0.25) is 0 Å². The molecular weight excluding hydrogens is 126 g/mol. The van der Waals surface area contributed by atoms with E-state index in [9.17, 15) is 0 Å². The van der Waals surface area contributed by atoms with Gasteiger partial charge in [-0.1, -0.05) is 6.08 Å². The highest BCUT2D eigenvalue weighted by atomic mass is 15.2. The van der Waals surface area contributed by atoms with E-state index in [1.54, 1.807) is 10.9 Å². The molecule has 0 aliphatic heterocycles. The van der Waals surface area contributed by atoms with Crippen molar-refractivity contribution in [2.45, 2.75) is 0 Å². The van der Waals surface area contributed by atoms with Crippen LogP contribution in [0.5, 0.6) is 0 Å². The lowest BCUT2D eigenvalue weighted by Crippen LogP contribution is -1.95. The van der Waals surface area contributed by atoms with Crippen molar-refractivity contribution in [3.8, 4) is 0 Å². The van der Waals surface area contributed by atoms with Gasteiger partial charge in [-0.15, -0.1) is 0 Å². The Morgan fingerprint density at radius 2 is 2.60 bits per heavy atom. The van der Waals surface area contributed by atoms with Crippen LogP contribution in [0.25, 0.3) is 6.08 Å². The van der Waals surface area contributed by atoms with Crippen molar-refractivity contribution >= 4 is 6.08 Å². The van der Waals surface area contributed by atoms with E-state index in [1.807, 2.05) is 25.3 Å². The summed E-state index contributed by atoms with van der Waals surface area (Å²) in [5, 5.41) is 3.99. The maximum absolute atomic E-state index is 5.28. The van der Waals surface area contributed by atoms with Crippen molar-refractivity contribution in [1.82, 2.24) is 9.78 Å². The zero-order valence-electron chi connectivity index (χ0n) is 5.99. The maximum atomic E-state index is 5.28. The first kappa shape index (κ1) is 7.02. The molecule has 1 heterocycles. The van der Waals surface area contributed by atoms with Crippen molar-refractivity contribution in [1.29, 1.82) is 0 Å². The number of rotatable bonds is 2.